The van der Waals surface area contributed by atoms with Gasteiger partial charge in [-0.2, -0.15) is 0 Å². The van der Waals surface area contributed by atoms with Crippen molar-refractivity contribution in [3.8, 4) is 0 Å². The molecule has 2 aromatic rings. The number of anilines is 3. The number of ether oxygens (including phenoxy) is 1. The molecule has 3 N–H and O–H groups in total. The number of hydrogen-bond donors (Lipinski definition) is 3. The van der Waals surface area contributed by atoms with Crippen LogP contribution < -0.4 is 26.2 Å². The van der Waals surface area contributed by atoms with Crippen LogP contribution in [0.25, 0.3) is 0 Å². The minimum absolute atomic E-state index is 0.393. The molecule has 0 saturated carbocycles. The number of rotatable bonds is 7. The lowest BCUT2D eigenvalue weighted by Gasteiger charge is -2.41. The predicted octanol–water partition coefficient (Wildman–Crippen LogP) is 4.43. The highest BCUT2D eigenvalue weighted by molar-refractivity contribution is 7.70. The average Bonchev–Trinajstić information content (AvgIpc) is 2.92. The van der Waals surface area contributed by atoms with Crippen molar-refractivity contribution in [2.45, 2.75) is 32.1 Å². The molecule has 38 heavy (non-hydrogen) atoms. The van der Waals surface area contributed by atoms with Crippen LogP contribution in [0.1, 0.15) is 18.4 Å². The standard InChI is InChI=1S/C28H38ClN6O2P/c1-20-18-22(34-12-10-21(11-13-34)35-14-16-37-17-15-35)8-9-24(20)32-28-30-19-23(29)27(33-28)31-25-6-4-5-7-26(25)38(2,3)36/h4-9,18-19,21,28,31-33H,10-17H2,1-3H3. The van der Waals surface area contributed by atoms with E-state index in [9.17, 15) is 4.57 Å². The van der Waals surface area contributed by atoms with Gasteiger partial charge in [-0.1, -0.05) is 23.7 Å². The molecular weight excluding hydrogens is 519 g/mol. The van der Waals surface area contributed by atoms with Gasteiger partial charge in [-0.15, -0.1) is 0 Å². The highest BCUT2D eigenvalue weighted by atomic mass is 35.5. The number of aryl methyl sites for hydroxylation is 1. The van der Waals surface area contributed by atoms with Gasteiger partial charge in [-0.25, -0.2) is 4.99 Å². The Morgan fingerprint density at radius 3 is 2.50 bits per heavy atom. The van der Waals surface area contributed by atoms with Crippen molar-refractivity contribution < 1.29 is 9.30 Å². The van der Waals surface area contributed by atoms with Crippen molar-refractivity contribution in [1.29, 1.82) is 0 Å². The summed E-state index contributed by atoms with van der Waals surface area (Å²) in [6.45, 7) is 11.6. The molecule has 3 aliphatic rings. The summed E-state index contributed by atoms with van der Waals surface area (Å²) in [6, 6.07) is 14.9. The summed E-state index contributed by atoms with van der Waals surface area (Å²) >= 11 is 6.46. The molecule has 0 radical (unpaired) electrons. The second-order valence-corrected chi connectivity index (χ2v) is 14.1. The van der Waals surface area contributed by atoms with E-state index in [1.165, 1.54) is 18.5 Å². The summed E-state index contributed by atoms with van der Waals surface area (Å²) in [5.74, 6) is 0.623. The number of halogens is 1. The van der Waals surface area contributed by atoms with E-state index in [1.54, 1.807) is 19.5 Å². The Labute approximate surface area is 230 Å². The van der Waals surface area contributed by atoms with Crippen molar-refractivity contribution in [3.05, 3.63) is 58.9 Å². The second kappa shape index (κ2) is 11.7. The molecule has 0 aliphatic carbocycles. The molecule has 3 heterocycles. The van der Waals surface area contributed by atoms with Gasteiger partial charge in [0.05, 0.1) is 23.9 Å². The fourth-order valence-corrected chi connectivity index (χ4v) is 6.70. The van der Waals surface area contributed by atoms with Crippen LogP contribution in [-0.2, 0) is 9.30 Å². The lowest BCUT2D eigenvalue weighted by atomic mass is 10.0. The predicted molar refractivity (Wildman–Crippen MR) is 160 cm³/mol. The maximum absolute atomic E-state index is 12.8. The molecule has 1 atom stereocenters. The zero-order chi connectivity index (χ0) is 26.7. The molecule has 204 valence electrons. The van der Waals surface area contributed by atoms with E-state index >= 15 is 0 Å². The molecule has 0 spiro atoms. The highest BCUT2D eigenvalue weighted by Crippen LogP contribution is 2.38. The van der Waals surface area contributed by atoms with Crippen LogP contribution in [-0.4, -0.2) is 76.2 Å². The normalized spacial score (nSPS) is 21.4. The van der Waals surface area contributed by atoms with E-state index in [0.29, 0.717) is 16.9 Å². The summed E-state index contributed by atoms with van der Waals surface area (Å²) < 4.78 is 18.3. The van der Waals surface area contributed by atoms with Crippen LogP contribution in [0.4, 0.5) is 17.1 Å². The first-order valence-corrected chi connectivity index (χ1v) is 16.3. The fourth-order valence-electron chi connectivity index (χ4n) is 5.39. The molecule has 2 aromatic carbocycles. The van der Waals surface area contributed by atoms with Crippen molar-refractivity contribution in [2.24, 2.45) is 4.99 Å². The van der Waals surface area contributed by atoms with E-state index < -0.39 is 13.4 Å². The first kappa shape index (κ1) is 27.1. The molecule has 0 amide bonds. The lowest BCUT2D eigenvalue weighted by Crippen LogP contribution is -2.49. The average molecular weight is 557 g/mol. The van der Waals surface area contributed by atoms with Crippen molar-refractivity contribution in [3.63, 3.8) is 0 Å². The van der Waals surface area contributed by atoms with E-state index in [1.807, 2.05) is 24.3 Å². The Hall–Kier alpha value is -2.51. The maximum Gasteiger partial charge on any atom is 0.195 e. The molecular formula is C28H38ClN6O2P. The van der Waals surface area contributed by atoms with Gasteiger partial charge in [-0.3, -0.25) is 4.90 Å². The topological polar surface area (TPSA) is 81.2 Å². The third kappa shape index (κ3) is 6.37. The van der Waals surface area contributed by atoms with E-state index in [-0.39, 0.29) is 0 Å². The third-order valence-electron chi connectivity index (χ3n) is 7.49. The van der Waals surface area contributed by atoms with Crippen LogP contribution in [0.2, 0.25) is 0 Å². The van der Waals surface area contributed by atoms with Crippen LogP contribution in [0.3, 0.4) is 0 Å². The van der Waals surface area contributed by atoms with Crippen molar-refractivity contribution >= 4 is 47.3 Å². The Morgan fingerprint density at radius 2 is 1.79 bits per heavy atom. The molecule has 10 heteroatoms. The number of allylic oxidation sites excluding steroid dienone is 1. The maximum atomic E-state index is 12.8. The molecule has 0 aromatic heterocycles. The van der Waals surface area contributed by atoms with Gasteiger partial charge in [-0.05, 0) is 69.0 Å². The molecule has 3 aliphatic heterocycles. The quantitative estimate of drug-likeness (QED) is 0.435. The summed E-state index contributed by atoms with van der Waals surface area (Å²) in [7, 11) is -2.46. The number of hydrogen-bond acceptors (Lipinski definition) is 8. The van der Waals surface area contributed by atoms with Gasteiger partial charge in [0.1, 0.15) is 13.0 Å². The molecule has 2 fully saturated rings. The smallest absolute Gasteiger partial charge is 0.195 e. The van der Waals surface area contributed by atoms with Gasteiger partial charge in [0, 0.05) is 55.1 Å². The van der Waals surface area contributed by atoms with Crippen LogP contribution in [0, 0.1) is 6.92 Å². The zero-order valence-corrected chi connectivity index (χ0v) is 24.1. The Kier molecular flexibility index (Phi) is 8.34. The summed E-state index contributed by atoms with van der Waals surface area (Å²) in [6.07, 6.45) is 3.63. The number of morpholine rings is 1. The number of para-hydroxylation sites is 1. The van der Waals surface area contributed by atoms with Crippen LogP contribution in [0.15, 0.2) is 58.3 Å². The van der Waals surface area contributed by atoms with Crippen molar-refractivity contribution in [2.75, 3.05) is 68.3 Å². The molecule has 5 rings (SSSR count). The number of nitrogens with one attached hydrogen (secondary N) is 3. The first-order chi connectivity index (χ1) is 18.3. The SMILES string of the molecule is Cc1cc(N2CCC(N3CCOCC3)CC2)ccc1NC1N=CC(Cl)=C(Nc2ccccc2P(C)(C)=O)N1. The summed E-state index contributed by atoms with van der Waals surface area (Å²) in [4.78, 5) is 9.61. The molecule has 1 unspecified atom stereocenters. The first-order valence-electron chi connectivity index (χ1n) is 13.3. The zero-order valence-electron chi connectivity index (χ0n) is 22.4. The Balaban J connectivity index is 1.20. The Morgan fingerprint density at radius 1 is 1.05 bits per heavy atom. The molecule has 0 bridgehead atoms. The lowest BCUT2D eigenvalue weighted by molar-refractivity contribution is 0.0115. The van der Waals surface area contributed by atoms with Crippen molar-refractivity contribution in [1.82, 2.24) is 10.2 Å². The van der Waals surface area contributed by atoms with Gasteiger partial charge >= 0.3 is 0 Å². The number of piperidine rings is 1. The monoisotopic (exact) mass is 556 g/mol. The fraction of sp³-hybridized carbons (Fsp3) is 0.464. The highest BCUT2D eigenvalue weighted by Gasteiger charge is 2.26. The third-order valence-corrected chi connectivity index (χ3v) is 9.33. The summed E-state index contributed by atoms with van der Waals surface area (Å²) in [5.41, 5.74) is 4.21. The summed E-state index contributed by atoms with van der Waals surface area (Å²) in [5, 5.41) is 11.4. The minimum atomic E-state index is -2.46. The van der Waals surface area contributed by atoms with Gasteiger partial charge in [0.2, 0.25) is 0 Å². The van der Waals surface area contributed by atoms with Crippen LogP contribution in [0.5, 0.6) is 0 Å². The Bertz CT molecular complexity index is 1250. The van der Waals surface area contributed by atoms with E-state index in [0.717, 1.165) is 61.6 Å². The second-order valence-electron chi connectivity index (χ2n) is 10.6. The van der Waals surface area contributed by atoms with Crippen LogP contribution >= 0.6 is 18.7 Å². The number of aliphatic imine (C=N–C) groups is 1. The minimum Gasteiger partial charge on any atom is -0.379 e. The van der Waals surface area contributed by atoms with Gasteiger partial charge < -0.3 is 30.2 Å². The molecule has 8 nitrogen and oxygen atoms in total. The van der Waals surface area contributed by atoms with E-state index in [4.69, 9.17) is 16.3 Å². The number of nitrogens with zero attached hydrogens (tertiary/aromatic N) is 3. The molecule has 2 saturated heterocycles. The number of benzene rings is 2. The largest absolute Gasteiger partial charge is 0.379 e. The van der Waals surface area contributed by atoms with Gasteiger partial charge in [0.15, 0.2) is 6.29 Å². The van der Waals surface area contributed by atoms with E-state index in [2.05, 4.69) is 55.9 Å². The van der Waals surface area contributed by atoms with Gasteiger partial charge in [0.25, 0.3) is 0 Å².